The van der Waals surface area contributed by atoms with Crippen molar-refractivity contribution in [2.24, 2.45) is 0 Å². The third-order valence-corrected chi connectivity index (χ3v) is 3.46. The summed E-state index contributed by atoms with van der Waals surface area (Å²) in [5.41, 5.74) is 1.92. The first-order valence-corrected chi connectivity index (χ1v) is 5.88. The Morgan fingerprint density at radius 1 is 1.33 bits per heavy atom. The molecular formula is C14H13NO3. The molecule has 0 amide bonds. The number of rotatable bonds is 3. The first-order valence-electron chi connectivity index (χ1n) is 5.88. The van der Waals surface area contributed by atoms with Gasteiger partial charge in [0.05, 0.1) is 11.1 Å². The highest BCUT2D eigenvalue weighted by Gasteiger charge is 2.51. The van der Waals surface area contributed by atoms with E-state index in [2.05, 4.69) is 4.98 Å². The maximum absolute atomic E-state index is 11.2. The monoisotopic (exact) mass is 243 g/mol. The Morgan fingerprint density at radius 3 is 2.44 bits per heavy atom. The second-order valence-electron chi connectivity index (χ2n) is 4.76. The minimum absolute atomic E-state index is 0.569. The number of hydrogen-bond donors (Lipinski definition) is 1. The summed E-state index contributed by atoms with van der Waals surface area (Å²) in [6.07, 6.45) is 3.04. The molecule has 1 aromatic carbocycles. The summed E-state index contributed by atoms with van der Waals surface area (Å²) >= 11 is 0. The number of hydrogen-bond acceptors (Lipinski definition) is 3. The standard InChI is InChI=1S/C14H13NO3/c1-9-8-18-12(15-9)10-2-4-11(5-3-10)14(6-7-14)13(16)17/h2-5,8H,6-7H2,1H3,(H,16,17). The molecule has 18 heavy (non-hydrogen) atoms. The van der Waals surface area contributed by atoms with Crippen molar-refractivity contribution in [2.75, 3.05) is 0 Å². The van der Waals surface area contributed by atoms with Crippen LogP contribution in [0.1, 0.15) is 24.1 Å². The van der Waals surface area contributed by atoms with Gasteiger partial charge in [0.2, 0.25) is 5.89 Å². The zero-order valence-corrected chi connectivity index (χ0v) is 10.0. The summed E-state index contributed by atoms with van der Waals surface area (Å²) < 4.78 is 5.31. The van der Waals surface area contributed by atoms with E-state index < -0.39 is 11.4 Å². The van der Waals surface area contributed by atoms with Gasteiger partial charge in [-0.1, -0.05) is 12.1 Å². The van der Waals surface area contributed by atoms with Crippen molar-refractivity contribution in [1.82, 2.24) is 4.98 Å². The SMILES string of the molecule is Cc1coc(-c2ccc(C3(C(=O)O)CC3)cc2)n1. The van der Waals surface area contributed by atoms with Crippen molar-refractivity contribution >= 4 is 5.97 Å². The van der Waals surface area contributed by atoms with E-state index >= 15 is 0 Å². The third-order valence-electron chi connectivity index (χ3n) is 3.46. The highest BCUT2D eigenvalue weighted by Crippen LogP contribution is 2.48. The summed E-state index contributed by atoms with van der Waals surface area (Å²) in [6, 6.07) is 7.44. The normalized spacial score (nSPS) is 16.5. The maximum atomic E-state index is 11.2. The molecule has 0 radical (unpaired) electrons. The summed E-state index contributed by atoms with van der Waals surface area (Å²) in [6.45, 7) is 1.87. The molecule has 1 heterocycles. The molecule has 0 spiro atoms. The molecule has 3 rings (SSSR count). The van der Waals surface area contributed by atoms with Crippen LogP contribution < -0.4 is 0 Å². The fourth-order valence-electron chi connectivity index (χ4n) is 2.17. The minimum Gasteiger partial charge on any atom is -0.481 e. The van der Waals surface area contributed by atoms with Gasteiger partial charge in [-0.15, -0.1) is 0 Å². The van der Waals surface area contributed by atoms with E-state index in [1.807, 2.05) is 31.2 Å². The Hall–Kier alpha value is -2.10. The molecule has 2 aromatic rings. The predicted octanol–water partition coefficient (Wildman–Crippen LogP) is 2.77. The molecule has 4 nitrogen and oxygen atoms in total. The Kier molecular flexibility index (Phi) is 2.26. The average Bonchev–Trinajstić information content (AvgIpc) is 3.07. The van der Waals surface area contributed by atoms with Crippen molar-refractivity contribution < 1.29 is 14.3 Å². The molecule has 4 heteroatoms. The Bertz CT molecular complexity index is 594. The molecule has 1 saturated carbocycles. The van der Waals surface area contributed by atoms with Gasteiger partial charge in [-0.2, -0.15) is 0 Å². The number of carboxylic acid groups (broad SMARTS) is 1. The first kappa shape index (κ1) is 11.0. The van der Waals surface area contributed by atoms with Crippen molar-refractivity contribution in [2.45, 2.75) is 25.2 Å². The average molecular weight is 243 g/mol. The molecule has 1 N–H and O–H groups in total. The van der Waals surface area contributed by atoms with Crippen LogP contribution in [0.2, 0.25) is 0 Å². The molecule has 0 aliphatic heterocycles. The summed E-state index contributed by atoms with van der Waals surface area (Å²) in [5.74, 6) is -0.165. The third kappa shape index (κ3) is 1.61. The zero-order chi connectivity index (χ0) is 12.8. The van der Waals surface area contributed by atoms with E-state index in [9.17, 15) is 9.90 Å². The van der Waals surface area contributed by atoms with Crippen LogP contribution in [0.4, 0.5) is 0 Å². The lowest BCUT2D eigenvalue weighted by Gasteiger charge is -2.09. The van der Waals surface area contributed by atoms with Gasteiger partial charge in [-0.3, -0.25) is 4.79 Å². The van der Waals surface area contributed by atoms with Gasteiger partial charge in [0.1, 0.15) is 6.26 Å². The van der Waals surface area contributed by atoms with Crippen LogP contribution in [0.15, 0.2) is 34.9 Å². The van der Waals surface area contributed by atoms with Gasteiger partial charge >= 0.3 is 5.97 Å². The summed E-state index contributed by atoms with van der Waals surface area (Å²) in [7, 11) is 0. The van der Waals surface area contributed by atoms with E-state index in [1.54, 1.807) is 6.26 Å². The molecule has 0 unspecified atom stereocenters. The van der Waals surface area contributed by atoms with Crippen LogP contribution in [-0.4, -0.2) is 16.1 Å². The van der Waals surface area contributed by atoms with E-state index in [0.717, 1.165) is 29.7 Å². The molecule has 1 fully saturated rings. The molecule has 1 aliphatic rings. The molecule has 1 aromatic heterocycles. The fraction of sp³-hybridized carbons (Fsp3) is 0.286. The van der Waals surface area contributed by atoms with Gasteiger partial charge in [0.15, 0.2) is 0 Å². The van der Waals surface area contributed by atoms with Gasteiger partial charge in [-0.05, 0) is 37.5 Å². The van der Waals surface area contributed by atoms with Crippen LogP contribution in [-0.2, 0) is 10.2 Å². The molecule has 92 valence electrons. The fourth-order valence-corrected chi connectivity index (χ4v) is 2.17. The number of aryl methyl sites for hydroxylation is 1. The second kappa shape index (κ2) is 3.70. The van der Waals surface area contributed by atoms with Crippen LogP contribution >= 0.6 is 0 Å². The quantitative estimate of drug-likeness (QED) is 0.900. The van der Waals surface area contributed by atoms with Gasteiger partial charge in [-0.25, -0.2) is 4.98 Å². The highest BCUT2D eigenvalue weighted by molar-refractivity contribution is 5.85. The van der Waals surface area contributed by atoms with Gasteiger partial charge in [0.25, 0.3) is 0 Å². The van der Waals surface area contributed by atoms with Crippen LogP contribution in [0.25, 0.3) is 11.5 Å². The molecular weight excluding hydrogens is 230 g/mol. The maximum Gasteiger partial charge on any atom is 0.314 e. The van der Waals surface area contributed by atoms with Crippen molar-refractivity contribution in [1.29, 1.82) is 0 Å². The number of benzene rings is 1. The Balaban J connectivity index is 1.92. The Morgan fingerprint density at radius 2 is 2.00 bits per heavy atom. The van der Waals surface area contributed by atoms with E-state index in [-0.39, 0.29) is 0 Å². The minimum atomic E-state index is -0.734. The molecule has 0 saturated heterocycles. The number of carboxylic acids is 1. The number of nitrogens with zero attached hydrogens (tertiary/aromatic N) is 1. The van der Waals surface area contributed by atoms with E-state index in [0.29, 0.717) is 5.89 Å². The highest BCUT2D eigenvalue weighted by atomic mass is 16.4. The number of aliphatic carboxylic acids is 1. The van der Waals surface area contributed by atoms with Gasteiger partial charge < -0.3 is 9.52 Å². The number of oxazole rings is 1. The number of aromatic nitrogens is 1. The molecule has 1 aliphatic carbocycles. The van der Waals surface area contributed by atoms with Crippen LogP contribution in [0.5, 0.6) is 0 Å². The second-order valence-corrected chi connectivity index (χ2v) is 4.76. The first-order chi connectivity index (χ1) is 8.62. The topological polar surface area (TPSA) is 63.3 Å². The molecule has 0 atom stereocenters. The van der Waals surface area contributed by atoms with E-state index in [4.69, 9.17) is 4.42 Å². The number of carbonyl (C=O) groups is 1. The van der Waals surface area contributed by atoms with Crippen molar-refractivity contribution in [3.8, 4) is 11.5 Å². The summed E-state index contributed by atoms with van der Waals surface area (Å²) in [5, 5.41) is 9.22. The largest absolute Gasteiger partial charge is 0.481 e. The Labute approximate surface area is 104 Å². The smallest absolute Gasteiger partial charge is 0.314 e. The van der Waals surface area contributed by atoms with Gasteiger partial charge in [0, 0.05) is 5.56 Å². The van der Waals surface area contributed by atoms with Crippen LogP contribution in [0.3, 0.4) is 0 Å². The lowest BCUT2D eigenvalue weighted by molar-refractivity contribution is -0.140. The summed E-state index contributed by atoms with van der Waals surface area (Å²) in [4.78, 5) is 15.5. The lowest BCUT2D eigenvalue weighted by atomic mass is 9.95. The van der Waals surface area contributed by atoms with Crippen LogP contribution in [0, 0.1) is 6.92 Å². The van der Waals surface area contributed by atoms with Crippen molar-refractivity contribution in [3.63, 3.8) is 0 Å². The van der Waals surface area contributed by atoms with Crippen molar-refractivity contribution in [3.05, 3.63) is 41.8 Å². The zero-order valence-electron chi connectivity index (χ0n) is 10.0. The lowest BCUT2D eigenvalue weighted by Crippen LogP contribution is -2.19. The van der Waals surface area contributed by atoms with E-state index in [1.165, 1.54) is 0 Å². The molecule has 0 bridgehead atoms. The predicted molar refractivity (Wildman–Crippen MR) is 65.2 cm³/mol.